The lowest BCUT2D eigenvalue weighted by atomic mass is 9.98. The van der Waals surface area contributed by atoms with Crippen LogP contribution in [0.4, 0.5) is 4.79 Å². The number of ether oxygens (including phenoxy) is 2. The van der Waals surface area contributed by atoms with Crippen molar-refractivity contribution in [1.29, 1.82) is 0 Å². The van der Waals surface area contributed by atoms with Gasteiger partial charge in [0, 0.05) is 25.5 Å². The molecule has 0 aromatic heterocycles. The minimum absolute atomic E-state index is 0.0457. The fraction of sp³-hybridized carbons (Fsp3) is 0.391. The van der Waals surface area contributed by atoms with Crippen LogP contribution >= 0.6 is 0 Å². The molecule has 152 valence electrons. The van der Waals surface area contributed by atoms with Gasteiger partial charge < -0.3 is 14.6 Å². The van der Waals surface area contributed by atoms with E-state index in [2.05, 4.69) is 24.3 Å². The normalized spacial score (nSPS) is 20.8. The van der Waals surface area contributed by atoms with Gasteiger partial charge in [-0.2, -0.15) is 0 Å². The highest BCUT2D eigenvalue weighted by atomic mass is 16.6. The van der Waals surface area contributed by atoms with E-state index >= 15 is 0 Å². The van der Waals surface area contributed by atoms with Crippen LogP contribution in [0.25, 0.3) is 11.1 Å². The van der Waals surface area contributed by atoms with Gasteiger partial charge in [0.2, 0.25) is 0 Å². The van der Waals surface area contributed by atoms with Crippen LogP contribution in [-0.4, -0.2) is 54.0 Å². The molecule has 2 aliphatic rings. The smallest absolute Gasteiger partial charge is 0.410 e. The van der Waals surface area contributed by atoms with E-state index in [4.69, 9.17) is 9.47 Å². The Morgan fingerprint density at radius 1 is 1.07 bits per heavy atom. The first kappa shape index (κ1) is 19.5. The Morgan fingerprint density at radius 2 is 1.69 bits per heavy atom. The van der Waals surface area contributed by atoms with E-state index in [1.807, 2.05) is 31.2 Å². The maximum Gasteiger partial charge on any atom is 0.410 e. The van der Waals surface area contributed by atoms with E-state index in [0.717, 1.165) is 22.3 Å². The second-order valence-electron chi connectivity index (χ2n) is 7.45. The third kappa shape index (κ3) is 3.72. The molecule has 2 aromatic rings. The molecule has 29 heavy (non-hydrogen) atoms. The van der Waals surface area contributed by atoms with E-state index in [-0.39, 0.29) is 25.0 Å². The van der Waals surface area contributed by atoms with Crippen molar-refractivity contribution in [3.05, 3.63) is 59.7 Å². The van der Waals surface area contributed by atoms with Gasteiger partial charge in [-0.15, -0.1) is 0 Å². The number of nitrogens with zero attached hydrogens (tertiary/aromatic N) is 1. The number of likely N-dealkylation sites (tertiary alicyclic amines) is 1. The average Bonchev–Trinajstić information content (AvgIpc) is 3.06. The van der Waals surface area contributed by atoms with Crippen LogP contribution < -0.4 is 0 Å². The van der Waals surface area contributed by atoms with E-state index in [9.17, 15) is 14.7 Å². The molecule has 1 aliphatic heterocycles. The second-order valence-corrected chi connectivity index (χ2v) is 7.45. The number of fused-ring (bicyclic) bond motifs is 3. The molecule has 2 unspecified atom stereocenters. The highest BCUT2D eigenvalue weighted by molar-refractivity contribution is 5.81. The van der Waals surface area contributed by atoms with Crippen LogP contribution in [0.15, 0.2) is 48.5 Å². The predicted octanol–water partition coefficient (Wildman–Crippen LogP) is 3.89. The summed E-state index contributed by atoms with van der Waals surface area (Å²) in [4.78, 5) is 25.8. The molecular formula is C23H25NO5. The fourth-order valence-corrected chi connectivity index (χ4v) is 4.45. The van der Waals surface area contributed by atoms with E-state index in [0.29, 0.717) is 19.6 Å². The number of amides is 1. The third-order valence-corrected chi connectivity index (χ3v) is 5.81. The largest absolute Gasteiger partial charge is 0.480 e. The van der Waals surface area contributed by atoms with Crippen molar-refractivity contribution in [2.75, 3.05) is 19.8 Å². The molecule has 6 heteroatoms. The summed E-state index contributed by atoms with van der Waals surface area (Å²) in [5.41, 5.74) is 4.58. The number of carboxylic acids is 1. The summed E-state index contributed by atoms with van der Waals surface area (Å²) in [5.74, 6) is -1.07. The lowest BCUT2D eigenvalue weighted by Crippen LogP contribution is -2.52. The fourth-order valence-electron chi connectivity index (χ4n) is 4.45. The number of hydrogen-bond donors (Lipinski definition) is 1. The van der Waals surface area contributed by atoms with E-state index in [1.54, 1.807) is 0 Å². The first-order chi connectivity index (χ1) is 14.1. The number of aliphatic carboxylic acids is 1. The monoisotopic (exact) mass is 395 g/mol. The van der Waals surface area contributed by atoms with Gasteiger partial charge in [0.1, 0.15) is 12.6 Å². The van der Waals surface area contributed by atoms with Crippen LogP contribution in [0.2, 0.25) is 0 Å². The zero-order chi connectivity index (χ0) is 20.4. The molecule has 1 amide bonds. The Balaban J connectivity index is 1.48. The molecule has 0 radical (unpaired) electrons. The van der Waals surface area contributed by atoms with Crippen molar-refractivity contribution < 1.29 is 24.2 Å². The topological polar surface area (TPSA) is 76.1 Å². The van der Waals surface area contributed by atoms with Crippen LogP contribution in [0.5, 0.6) is 0 Å². The summed E-state index contributed by atoms with van der Waals surface area (Å²) in [7, 11) is 0. The Morgan fingerprint density at radius 3 is 2.28 bits per heavy atom. The summed E-state index contributed by atoms with van der Waals surface area (Å²) in [6, 6.07) is 15.3. The van der Waals surface area contributed by atoms with Gasteiger partial charge in [-0.05, 0) is 35.6 Å². The first-order valence-electron chi connectivity index (χ1n) is 10.1. The molecule has 6 nitrogen and oxygen atoms in total. The quantitative estimate of drug-likeness (QED) is 0.831. The van der Waals surface area contributed by atoms with Crippen LogP contribution in [0.3, 0.4) is 0 Å². The molecule has 0 saturated carbocycles. The summed E-state index contributed by atoms with van der Waals surface area (Å²) in [5, 5.41) is 9.58. The van der Waals surface area contributed by atoms with Crippen LogP contribution in [0.1, 0.15) is 36.8 Å². The number of piperidine rings is 1. The van der Waals surface area contributed by atoms with Crippen molar-refractivity contribution in [1.82, 2.24) is 4.90 Å². The molecule has 1 aliphatic carbocycles. The molecule has 2 aromatic carbocycles. The molecule has 1 N–H and O–H groups in total. The molecular weight excluding hydrogens is 370 g/mol. The number of carbonyl (C=O) groups is 2. The second kappa shape index (κ2) is 8.25. The highest BCUT2D eigenvalue weighted by Crippen LogP contribution is 2.44. The maximum atomic E-state index is 12.8. The first-order valence-corrected chi connectivity index (χ1v) is 10.1. The summed E-state index contributed by atoms with van der Waals surface area (Å²) in [6.07, 6.45) is 0.183. The van der Waals surface area contributed by atoms with Crippen molar-refractivity contribution in [2.24, 2.45) is 0 Å². The Hall–Kier alpha value is -2.86. The standard InChI is InChI=1S/C23H25NO5/c1-2-28-15-11-12-24(21(13-15)22(25)26)23(27)29-14-20-18-9-5-3-7-16(18)17-8-4-6-10-19(17)20/h3-10,15,20-21H,2,11-14H2,1H3,(H,25,26). The number of benzene rings is 2. The van der Waals surface area contributed by atoms with Gasteiger partial charge >= 0.3 is 12.1 Å². The molecule has 1 heterocycles. The minimum Gasteiger partial charge on any atom is -0.480 e. The Kier molecular flexibility index (Phi) is 5.53. The number of carboxylic acid groups (broad SMARTS) is 1. The van der Waals surface area contributed by atoms with Crippen molar-refractivity contribution >= 4 is 12.1 Å². The number of carbonyl (C=O) groups excluding carboxylic acids is 1. The number of hydrogen-bond acceptors (Lipinski definition) is 4. The molecule has 1 saturated heterocycles. The highest BCUT2D eigenvalue weighted by Gasteiger charge is 2.38. The van der Waals surface area contributed by atoms with Crippen LogP contribution in [-0.2, 0) is 14.3 Å². The third-order valence-electron chi connectivity index (χ3n) is 5.81. The van der Waals surface area contributed by atoms with Gasteiger partial charge in [-0.25, -0.2) is 9.59 Å². The summed E-state index contributed by atoms with van der Waals surface area (Å²) >= 11 is 0. The molecule has 1 fully saturated rings. The number of rotatable bonds is 5. The van der Waals surface area contributed by atoms with E-state index < -0.39 is 18.1 Å². The molecule has 0 bridgehead atoms. The predicted molar refractivity (Wildman–Crippen MR) is 108 cm³/mol. The van der Waals surface area contributed by atoms with Crippen LogP contribution in [0, 0.1) is 0 Å². The van der Waals surface area contributed by atoms with Crippen molar-refractivity contribution in [3.63, 3.8) is 0 Å². The van der Waals surface area contributed by atoms with Crippen molar-refractivity contribution in [2.45, 2.75) is 37.8 Å². The average molecular weight is 395 g/mol. The Bertz CT molecular complexity index is 866. The van der Waals surface area contributed by atoms with Gasteiger partial charge in [0.25, 0.3) is 0 Å². The van der Waals surface area contributed by atoms with E-state index in [1.165, 1.54) is 4.90 Å². The molecule has 2 atom stereocenters. The summed E-state index contributed by atoms with van der Waals surface area (Å²) < 4.78 is 11.2. The lowest BCUT2D eigenvalue weighted by Gasteiger charge is -2.36. The zero-order valence-electron chi connectivity index (χ0n) is 16.4. The van der Waals surface area contributed by atoms with Gasteiger partial charge in [0.15, 0.2) is 0 Å². The molecule has 4 rings (SSSR count). The van der Waals surface area contributed by atoms with Crippen molar-refractivity contribution in [3.8, 4) is 11.1 Å². The molecule has 0 spiro atoms. The zero-order valence-corrected chi connectivity index (χ0v) is 16.4. The lowest BCUT2D eigenvalue weighted by molar-refractivity contribution is -0.146. The SMILES string of the molecule is CCOC1CCN(C(=O)OCC2c3ccccc3-c3ccccc32)C(C(=O)O)C1. The van der Waals surface area contributed by atoms with Gasteiger partial charge in [0.05, 0.1) is 6.10 Å². The maximum absolute atomic E-state index is 12.8. The van der Waals surface area contributed by atoms with Gasteiger partial charge in [-0.3, -0.25) is 4.90 Å². The van der Waals surface area contributed by atoms with Gasteiger partial charge in [-0.1, -0.05) is 48.5 Å². The minimum atomic E-state index is -1.03. The summed E-state index contributed by atoms with van der Waals surface area (Å²) in [6.45, 7) is 2.92. The Labute approximate surface area is 170 Å².